The van der Waals surface area contributed by atoms with Gasteiger partial charge in [-0.2, -0.15) is 0 Å². The molecular formula is C17H25NO. The summed E-state index contributed by atoms with van der Waals surface area (Å²) < 4.78 is 0. The third kappa shape index (κ3) is 2.79. The Balaban J connectivity index is 1.76. The summed E-state index contributed by atoms with van der Waals surface area (Å²) in [6.45, 7) is 4.36. The van der Waals surface area contributed by atoms with Gasteiger partial charge in [-0.15, -0.1) is 0 Å². The van der Waals surface area contributed by atoms with E-state index in [4.69, 9.17) is 0 Å². The number of fused-ring (bicyclic) bond motifs is 1. The molecule has 104 valence electrons. The first-order valence-corrected chi connectivity index (χ1v) is 7.76. The van der Waals surface area contributed by atoms with E-state index in [2.05, 4.69) is 30.0 Å². The van der Waals surface area contributed by atoms with Crippen molar-refractivity contribution in [2.24, 2.45) is 5.92 Å². The average molecular weight is 259 g/mol. The van der Waals surface area contributed by atoms with Gasteiger partial charge in [-0.1, -0.05) is 30.5 Å². The number of anilines is 1. The first-order chi connectivity index (χ1) is 9.24. The molecule has 1 aromatic rings. The largest absolute Gasteiger partial charge is 0.393 e. The summed E-state index contributed by atoms with van der Waals surface area (Å²) in [7, 11) is 0. The van der Waals surface area contributed by atoms with Crippen LogP contribution in [-0.4, -0.2) is 24.3 Å². The Bertz CT molecular complexity index is 443. The summed E-state index contributed by atoms with van der Waals surface area (Å²) in [5, 5.41) is 10.2. The van der Waals surface area contributed by atoms with Crippen molar-refractivity contribution in [1.82, 2.24) is 0 Å². The smallest absolute Gasteiger partial charge is 0.0585 e. The molecule has 0 amide bonds. The Morgan fingerprint density at radius 1 is 1.21 bits per heavy atom. The molecule has 1 aromatic carbocycles. The molecule has 2 atom stereocenters. The Kier molecular flexibility index (Phi) is 3.79. The predicted molar refractivity (Wildman–Crippen MR) is 79.7 cm³/mol. The van der Waals surface area contributed by atoms with E-state index in [1.165, 1.54) is 48.9 Å². The van der Waals surface area contributed by atoms with Gasteiger partial charge in [0.25, 0.3) is 0 Å². The van der Waals surface area contributed by atoms with E-state index in [1.807, 2.05) is 0 Å². The Morgan fingerprint density at radius 2 is 2.05 bits per heavy atom. The van der Waals surface area contributed by atoms with E-state index >= 15 is 0 Å². The molecular weight excluding hydrogens is 234 g/mol. The lowest BCUT2D eigenvalue weighted by Crippen LogP contribution is -2.39. The van der Waals surface area contributed by atoms with Gasteiger partial charge in [0.1, 0.15) is 0 Å². The van der Waals surface area contributed by atoms with Crippen LogP contribution in [0.25, 0.3) is 0 Å². The zero-order chi connectivity index (χ0) is 13.2. The maximum Gasteiger partial charge on any atom is 0.0585 e. The summed E-state index contributed by atoms with van der Waals surface area (Å²) in [6.07, 6.45) is 7.06. The summed E-state index contributed by atoms with van der Waals surface area (Å²) in [6, 6.07) is 6.83. The lowest BCUT2D eigenvalue weighted by Gasteiger charge is -2.37. The number of aliphatic hydroxyl groups is 1. The van der Waals surface area contributed by atoms with E-state index in [9.17, 15) is 5.11 Å². The highest BCUT2D eigenvalue weighted by Gasteiger charge is 2.27. The van der Waals surface area contributed by atoms with Gasteiger partial charge >= 0.3 is 0 Å². The fraction of sp³-hybridized carbons (Fsp3) is 0.647. The van der Waals surface area contributed by atoms with E-state index in [1.54, 1.807) is 0 Å². The van der Waals surface area contributed by atoms with Crippen molar-refractivity contribution in [3.63, 3.8) is 0 Å². The normalized spacial score (nSPS) is 27.2. The lowest BCUT2D eigenvalue weighted by molar-refractivity contribution is 0.0729. The fourth-order valence-electron chi connectivity index (χ4n) is 3.68. The van der Waals surface area contributed by atoms with Gasteiger partial charge in [0.05, 0.1) is 6.10 Å². The average Bonchev–Trinajstić information content (AvgIpc) is 2.41. The highest BCUT2D eigenvalue weighted by atomic mass is 16.3. The molecule has 2 aliphatic rings. The predicted octanol–water partition coefficient (Wildman–Crippen LogP) is 3.30. The number of benzene rings is 1. The van der Waals surface area contributed by atoms with Crippen LogP contribution in [0.1, 0.15) is 43.2 Å². The van der Waals surface area contributed by atoms with Gasteiger partial charge in [-0.25, -0.2) is 0 Å². The van der Waals surface area contributed by atoms with Gasteiger partial charge < -0.3 is 10.0 Å². The highest BCUT2D eigenvalue weighted by molar-refractivity contribution is 5.56. The number of rotatable bonds is 2. The van der Waals surface area contributed by atoms with Crippen LogP contribution >= 0.6 is 0 Å². The SMILES string of the molecule is Cc1ccc2c(c1)CCCN2CC1CCCCC1O. The zero-order valence-electron chi connectivity index (χ0n) is 11.9. The van der Waals surface area contributed by atoms with Gasteiger partial charge in [0.15, 0.2) is 0 Å². The van der Waals surface area contributed by atoms with Crippen molar-refractivity contribution in [3.05, 3.63) is 29.3 Å². The molecule has 3 rings (SSSR count). The van der Waals surface area contributed by atoms with Crippen LogP contribution in [0.15, 0.2) is 18.2 Å². The molecule has 0 spiro atoms. The minimum absolute atomic E-state index is 0.0791. The van der Waals surface area contributed by atoms with Gasteiger partial charge in [-0.05, 0) is 44.2 Å². The van der Waals surface area contributed by atoms with Gasteiger partial charge in [0.2, 0.25) is 0 Å². The topological polar surface area (TPSA) is 23.5 Å². The lowest BCUT2D eigenvalue weighted by atomic mass is 9.85. The van der Waals surface area contributed by atoms with Crippen LogP contribution in [0.2, 0.25) is 0 Å². The third-order valence-corrected chi connectivity index (χ3v) is 4.77. The molecule has 1 aliphatic carbocycles. The number of hydrogen-bond acceptors (Lipinski definition) is 2. The quantitative estimate of drug-likeness (QED) is 0.881. The first kappa shape index (κ1) is 13.0. The van der Waals surface area contributed by atoms with E-state index in [-0.39, 0.29) is 6.10 Å². The summed E-state index contributed by atoms with van der Waals surface area (Å²) in [5.74, 6) is 0.473. The minimum Gasteiger partial charge on any atom is -0.393 e. The molecule has 0 saturated heterocycles. The zero-order valence-corrected chi connectivity index (χ0v) is 11.9. The Labute approximate surface area is 116 Å². The van der Waals surface area contributed by atoms with Crippen molar-refractivity contribution in [1.29, 1.82) is 0 Å². The maximum absolute atomic E-state index is 10.2. The monoisotopic (exact) mass is 259 g/mol. The van der Waals surface area contributed by atoms with Gasteiger partial charge in [-0.3, -0.25) is 0 Å². The minimum atomic E-state index is -0.0791. The highest BCUT2D eigenvalue weighted by Crippen LogP contribution is 2.31. The van der Waals surface area contributed by atoms with Crippen molar-refractivity contribution in [2.45, 2.75) is 51.6 Å². The molecule has 1 fully saturated rings. The first-order valence-electron chi connectivity index (χ1n) is 7.76. The second-order valence-electron chi connectivity index (χ2n) is 6.29. The van der Waals surface area contributed by atoms with Crippen molar-refractivity contribution in [2.75, 3.05) is 18.0 Å². The second kappa shape index (κ2) is 5.54. The number of nitrogens with zero attached hydrogens (tertiary/aromatic N) is 1. The van der Waals surface area contributed by atoms with Crippen LogP contribution in [0.5, 0.6) is 0 Å². The number of aryl methyl sites for hydroxylation is 2. The second-order valence-corrected chi connectivity index (χ2v) is 6.29. The third-order valence-electron chi connectivity index (χ3n) is 4.77. The summed E-state index contributed by atoms with van der Waals surface area (Å²) in [5.41, 5.74) is 4.27. The van der Waals surface area contributed by atoms with E-state index < -0.39 is 0 Å². The van der Waals surface area contributed by atoms with Crippen molar-refractivity contribution >= 4 is 5.69 Å². The Hall–Kier alpha value is -1.02. The standard InChI is InChI=1S/C17H25NO/c1-13-8-9-16-14(11-13)6-4-10-18(16)12-15-5-2-3-7-17(15)19/h8-9,11,15,17,19H,2-7,10,12H2,1H3. The molecule has 1 heterocycles. The fourth-order valence-corrected chi connectivity index (χ4v) is 3.68. The van der Waals surface area contributed by atoms with Crippen LogP contribution in [0, 0.1) is 12.8 Å². The van der Waals surface area contributed by atoms with Crippen LogP contribution < -0.4 is 4.90 Å². The molecule has 0 radical (unpaired) electrons. The molecule has 1 saturated carbocycles. The number of hydrogen-bond donors (Lipinski definition) is 1. The van der Waals surface area contributed by atoms with Crippen molar-refractivity contribution < 1.29 is 5.11 Å². The molecule has 2 nitrogen and oxygen atoms in total. The summed E-state index contributed by atoms with van der Waals surface area (Å²) >= 11 is 0. The molecule has 2 unspecified atom stereocenters. The molecule has 0 bridgehead atoms. The molecule has 2 heteroatoms. The van der Waals surface area contributed by atoms with Crippen molar-refractivity contribution in [3.8, 4) is 0 Å². The van der Waals surface area contributed by atoms with Crippen LogP contribution in [0.3, 0.4) is 0 Å². The number of aliphatic hydroxyl groups excluding tert-OH is 1. The van der Waals surface area contributed by atoms with Crippen LogP contribution in [-0.2, 0) is 6.42 Å². The van der Waals surface area contributed by atoms with Gasteiger partial charge in [0, 0.05) is 24.7 Å². The van der Waals surface area contributed by atoms with Crippen LogP contribution in [0.4, 0.5) is 5.69 Å². The van der Waals surface area contributed by atoms with E-state index in [0.29, 0.717) is 5.92 Å². The molecule has 1 aliphatic heterocycles. The summed E-state index contributed by atoms with van der Waals surface area (Å²) in [4.78, 5) is 2.51. The molecule has 0 aromatic heterocycles. The maximum atomic E-state index is 10.2. The van der Waals surface area contributed by atoms with E-state index in [0.717, 1.165) is 19.5 Å². The Morgan fingerprint density at radius 3 is 2.89 bits per heavy atom. The molecule has 1 N–H and O–H groups in total. The molecule has 19 heavy (non-hydrogen) atoms.